The first-order chi connectivity index (χ1) is 13.7. The Labute approximate surface area is 166 Å². The second kappa shape index (κ2) is 7.31. The second-order valence-corrected chi connectivity index (χ2v) is 7.38. The van der Waals surface area contributed by atoms with Crippen LogP contribution in [0.2, 0.25) is 5.02 Å². The molecular formula is C19H19ClN4O4. The fraction of sp³-hybridized carbons (Fsp3) is 0.368. The molecule has 2 aliphatic heterocycles. The molecule has 0 radical (unpaired) electrons. The minimum Gasteiger partial charge on any atom is -0.389 e. The summed E-state index contributed by atoms with van der Waals surface area (Å²) in [6.07, 6.45) is 1.61. The third-order valence-corrected chi connectivity index (χ3v) is 5.34. The molecule has 0 saturated carbocycles. The Kier molecular flexibility index (Phi) is 4.65. The van der Waals surface area contributed by atoms with E-state index in [1.807, 2.05) is 36.4 Å². The summed E-state index contributed by atoms with van der Waals surface area (Å²) in [7, 11) is 0. The number of rotatable bonds is 5. The lowest BCUT2D eigenvalue weighted by atomic mass is 9.96. The van der Waals surface area contributed by atoms with Crippen molar-refractivity contribution in [2.24, 2.45) is 0 Å². The van der Waals surface area contributed by atoms with Crippen molar-refractivity contribution >= 4 is 11.6 Å². The smallest absolute Gasteiger partial charge is 0.183 e. The highest BCUT2D eigenvalue weighted by Gasteiger charge is 2.51. The van der Waals surface area contributed by atoms with Crippen LogP contribution in [0.15, 0.2) is 53.3 Å². The third kappa shape index (κ3) is 3.23. The van der Waals surface area contributed by atoms with E-state index in [0.29, 0.717) is 23.9 Å². The van der Waals surface area contributed by atoms with Crippen LogP contribution in [0.5, 0.6) is 0 Å². The molecule has 3 aromatic rings. The molecule has 2 N–H and O–H groups in total. The number of benzene rings is 1. The highest BCUT2D eigenvalue weighted by atomic mass is 35.5. The van der Waals surface area contributed by atoms with Crippen LogP contribution in [0.25, 0.3) is 11.3 Å². The van der Waals surface area contributed by atoms with Crippen LogP contribution in [-0.4, -0.2) is 51.2 Å². The maximum atomic E-state index is 11.0. The lowest BCUT2D eigenvalue weighted by Crippen LogP contribution is -2.57. The first-order valence-corrected chi connectivity index (χ1v) is 9.46. The van der Waals surface area contributed by atoms with Crippen LogP contribution >= 0.6 is 11.6 Å². The fourth-order valence-electron chi connectivity index (χ4n) is 3.77. The summed E-state index contributed by atoms with van der Waals surface area (Å²) < 4.78 is 18.7. The van der Waals surface area contributed by atoms with E-state index in [9.17, 15) is 5.11 Å². The van der Waals surface area contributed by atoms with Crippen molar-refractivity contribution in [1.82, 2.24) is 20.3 Å². The largest absolute Gasteiger partial charge is 0.389 e. The van der Waals surface area contributed by atoms with Crippen LogP contribution < -0.4 is 5.32 Å². The van der Waals surface area contributed by atoms with Crippen molar-refractivity contribution < 1.29 is 19.1 Å². The Hall–Kier alpha value is -2.23. The summed E-state index contributed by atoms with van der Waals surface area (Å²) in [5.41, 5.74) is 1.76. The van der Waals surface area contributed by atoms with E-state index in [1.165, 1.54) is 6.20 Å². The zero-order chi connectivity index (χ0) is 19.1. The Morgan fingerprint density at radius 3 is 2.93 bits per heavy atom. The highest BCUT2D eigenvalue weighted by molar-refractivity contribution is 6.30. The minimum atomic E-state index is -0.765. The molecular weight excluding hydrogens is 384 g/mol. The molecule has 1 aromatic carbocycles. The molecule has 5 rings (SSSR count). The van der Waals surface area contributed by atoms with E-state index in [0.717, 1.165) is 11.3 Å². The number of aliphatic hydroxyl groups excluding tert-OH is 1. The van der Waals surface area contributed by atoms with Gasteiger partial charge in [-0.15, -0.1) is 0 Å². The lowest BCUT2D eigenvalue weighted by Gasteiger charge is -2.38. The Balaban J connectivity index is 1.30. The quantitative estimate of drug-likeness (QED) is 0.674. The van der Waals surface area contributed by atoms with Gasteiger partial charge in [0.15, 0.2) is 12.1 Å². The number of fused-ring (bicyclic) bond motifs is 2. The lowest BCUT2D eigenvalue weighted by molar-refractivity contribution is -0.168. The summed E-state index contributed by atoms with van der Waals surface area (Å²) in [5.74, 6) is 0.672. The van der Waals surface area contributed by atoms with Crippen LogP contribution in [0, 0.1) is 0 Å². The van der Waals surface area contributed by atoms with Gasteiger partial charge in [0.1, 0.15) is 17.8 Å². The van der Waals surface area contributed by atoms with Crippen molar-refractivity contribution in [3.05, 3.63) is 59.6 Å². The van der Waals surface area contributed by atoms with Crippen molar-refractivity contribution in [1.29, 1.82) is 0 Å². The molecule has 0 amide bonds. The van der Waals surface area contributed by atoms with E-state index < -0.39 is 18.4 Å². The number of nitrogens with zero attached hydrogens (tertiary/aromatic N) is 3. The molecule has 5 atom stereocenters. The van der Waals surface area contributed by atoms with Crippen molar-refractivity contribution in [3.63, 3.8) is 0 Å². The van der Waals surface area contributed by atoms with Gasteiger partial charge in [-0.25, -0.2) is 0 Å². The standard InChI is InChI=1S/C19H19ClN4O4/c20-12-7-22-24(9-12)17-18(25)16(15-10-26-19(17)27-15)21-8-13-6-14(23-28-13)11-4-2-1-3-5-11/h1-7,9,15-19,21,25H,8,10H2. The highest BCUT2D eigenvalue weighted by Crippen LogP contribution is 2.36. The minimum absolute atomic E-state index is 0.251. The number of hydrogen-bond acceptors (Lipinski definition) is 7. The average molecular weight is 403 g/mol. The van der Waals surface area contributed by atoms with E-state index in [4.69, 9.17) is 25.6 Å². The number of nitrogens with one attached hydrogen (secondary N) is 1. The Bertz CT molecular complexity index is 946. The molecule has 2 aliphatic rings. The van der Waals surface area contributed by atoms with E-state index >= 15 is 0 Å². The molecule has 9 heteroatoms. The van der Waals surface area contributed by atoms with Crippen LogP contribution in [0.1, 0.15) is 11.8 Å². The number of aliphatic hydroxyl groups is 1. The summed E-state index contributed by atoms with van der Waals surface area (Å²) in [6.45, 7) is 0.801. The Morgan fingerprint density at radius 2 is 2.14 bits per heavy atom. The monoisotopic (exact) mass is 402 g/mol. The van der Waals surface area contributed by atoms with E-state index in [2.05, 4.69) is 15.6 Å². The molecule has 5 unspecified atom stereocenters. The first kappa shape index (κ1) is 17.8. The summed E-state index contributed by atoms with van der Waals surface area (Å²) in [4.78, 5) is 0. The van der Waals surface area contributed by atoms with Gasteiger partial charge in [-0.2, -0.15) is 5.10 Å². The second-order valence-electron chi connectivity index (χ2n) is 6.95. The molecule has 8 nitrogen and oxygen atoms in total. The van der Waals surface area contributed by atoms with Gasteiger partial charge in [0, 0.05) is 17.8 Å². The predicted molar refractivity (Wildman–Crippen MR) is 99.5 cm³/mol. The van der Waals surface area contributed by atoms with Gasteiger partial charge in [0.05, 0.1) is 36.5 Å². The molecule has 2 saturated heterocycles. The zero-order valence-corrected chi connectivity index (χ0v) is 15.6. The molecule has 4 heterocycles. The van der Waals surface area contributed by atoms with E-state index in [1.54, 1.807) is 10.9 Å². The van der Waals surface area contributed by atoms with Crippen molar-refractivity contribution in [3.8, 4) is 11.3 Å². The van der Waals surface area contributed by atoms with Gasteiger partial charge in [-0.3, -0.25) is 4.68 Å². The van der Waals surface area contributed by atoms with Crippen LogP contribution in [0.3, 0.4) is 0 Å². The van der Waals surface area contributed by atoms with Gasteiger partial charge >= 0.3 is 0 Å². The number of hydrogen-bond donors (Lipinski definition) is 2. The Morgan fingerprint density at radius 1 is 1.29 bits per heavy atom. The number of aromatic nitrogens is 3. The first-order valence-electron chi connectivity index (χ1n) is 9.08. The molecule has 2 fully saturated rings. The van der Waals surface area contributed by atoms with Crippen molar-refractivity contribution in [2.45, 2.75) is 37.1 Å². The maximum absolute atomic E-state index is 11.0. The molecule has 2 aromatic heterocycles. The molecule has 2 bridgehead atoms. The normalized spacial score (nSPS) is 29.3. The van der Waals surface area contributed by atoms with Gasteiger partial charge < -0.3 is 24.4 Å². The fourth-order valence-corrected chi connectivity index (χ4v) is 3.92. The molecule has 146 valence electrons. The van der Waals surface area contributed by atoms with E-state index in [-0.39, 0.29) is 12.1 Å². The van der Waals surface area contributed by atoms with Crippen LogP contribution in [-0.2, 0) is 16.0 Å². The molecule has 0 aliphatic carbocycles. The predicted octanol–water partition coefficient (Wildman–Crippen LogP) is 2.01. The summed E-state index contributed by atoms with van der Waals surface area (Å²) >= 11 is 5.98. The zero-order valence-electron chi connectivity index (χ0n) is 14.8. The SMILES string of the molecule is OC1C(NCc2cc(-c3ccccc3)no2)C2COC(O2)C1n1cc(Cl)cn1. The number of halogens is 1. The summed E-state index contributed by atoms with van der Waals surface area (Å²) in [5, 5.41) is 23.1. The summed E-state index contributed by atoms with van der Waals surface area (Å²) in [6, 6.07) is 10.9. The van der Waals surface area contributed by atoms with Gasteiger partial charge in [0.25, 0.3) is 0 Å². The van der Waals surface area contributed by atoms with Gasteiger partial charge in [-0.1, -0.05) is 47.1 Å². The third-order valence-electron chi connectivity index (χ3n) is 5.15. The van der Waals surface area contributed by atoms with Crippen LogP contribution in [0.4, 0.5) is 0 Å². The van der Waals surface area contributed by atoms with Gasteiger partial charge in [-0.05, 0) is 0 Å². The molecule has 0 spiro atoms. The number of ether oxygens (including phenoxy) is 2. The molecule has 28 heavy (non-hydrogen) atoms. The van der Waals surface area contributed by atoms with Gasteiger partial charge in [0.2, 0.25) is 0 Å². The maximum Gasteiger partial charge on any atom is 0.183 e. The average Bonchev–Trinajstić information content (AvgIpc) is 3.44. The van der Waals surface area contributed by atoms with Crippen molar-refractivity contribution in [2.75, 3.05) is 6.61 Å². The topological polar surface area (TPSA) is 94.6 Å².